The number of hydrogen-bond acceptors (Lipinski definition) is 6. The normalized spacial score (nSPS) is 14.1. The zero-order chi connectivity index (χ0) is 31.2. The molecule has 0 bridgehead atoms. The van der Waals surface area contributed by atoms with Gasteiger partial charge in [-0.2, -0.15) is 0 Å². The average molecular weight is 592 g/mol. The minimum Gasteiger partial charge on any atom is -0.478 e. The number of nitrogens with one attached hydrogen (secondary N) is 2. The number of benzene rings is 2. The number of hydroxylamine groups is 1. The highest BCUT2D eigenvalue weighted by molar-refractivity contribution is 6.04. The molecule has 3 rings (SSSR count). The Morgan fingerprint density at radius 3 is 2.47 bits per heavy atom. The molecule has 230 valence electrons. The van der Waals surface area contributed by atoms with Crippen molar-refractivity contribution in [2.24, 2.45) is 5.92 Å². The third-order valence-electron chi connectivity index (χ3n) is 7.08. The highest BCUT2D eigenvalue weighted by atomic mass is 16.6. The molecule has 10 heteroatoms. The number of carboxylic acid groups (broad SMARTS) is 1. The van der Waals surface area contributed by atoms with Gasteiger partial charge in [-0.3, -0.25) is 14.4 Å². The van der Waals surface area contributed by atoms with Gasteiger partial charge in [0.15, 0.2) is 0 Å². The van der Waals surface area contributed by atoms with E-state index in [2.05, 4.69) is 23.8 Å². The van der Waals surface area contributed by atoms with Crippen molar-refractivity contribution in [1.82, 2.24) is 15.7 Å². The molecular weight excluding hydrogens is 550 g/mol. The molecule has 3 N–H and O–H groups in total. The molecule has 2 aromatic rings. The molecule has 0 heterocycles. The summed E-state index contributed by atoms with van der Waals surface area (Å²) in [5.74, 6) is -1.73. The summed E-state index contributed by atoms with van der Waals surface area (Å²) in [5.41, 5.74) is 4.81. The van der Waals surface area contributed by atoms with E-state index in [-0.39, 0.29) is 55.8 Å². The average Bonchev–Trinajstić information content (AvgIpc) is 2.99. The van der Waals surface area contributed by atoms with Crippen LogP contribution in [0.3, 0.4) is 0 Å². The van der Waals surface area contributed by atoms with Crippen molar-refractivity contribution in [3.05, 3.63) is 94.6 Å². The van der Waals surface area contributed by atoms with Gasteiger partial charge in [0.2, 0.25) is 5.91 Å². The Morgan fingerprint density at radius 1 is 1.00 bits per heavy atom. The summed E-state index contributed by atoms with van der Waals surface area (Å²) >= 11 is 0. The Labute approximate surface area is 252 Å². The van der Waals surface area contributed by atoms with Gasteiger partial charge in [-0.05, 0) is 67.9 Å². The van der Waals surface area contributed by atoms with Crippen LogP contribution in [0, 0.1) is 5.92 Å². The molecule has 0 spiro atoms. The number of carbonyl (C=O) groups excluding carboxylic acids is 3. The second-order valence-electron chi connectivity index (χ2n) is 10.8. The summed E-state index contributed by atoms with van der Waals surface area (Å²) in [4.78, 5) is 56.4. The Bertz CT molecular complexity index is 1320. The third-order valence-corrected chi connectivity index (χ3v) is 7.08. The van der Waals surface area contributed by atoms with Crippen LogP contribution in [0.1, 0.15) is 78.3 Å². The van der Waals surface area contributed by atoms with Crippen molar-refractivity contribution in [2.75, 3.05) is 13.2 Å². The van der Waals surface area contributed by atoms with E-state index in [0.29, 0.717) is 24.3 Å². The quantitative estimate of drug-likeness (QED) is 0.186. The van der Waals surface area contributed by atoms with E-state index >= 15 is 0 Å². The van der Waals surface area contributed by atoms with E-state index in [9.17, 15) is 24.3 Å². The van der Waals surface area contributed by atoms with Crippen molar-refractivity contribution in [3.8, 4) is 0 Å². The van der Waals surface area contributed by atoms with Gasteiger partial charge in [0.25, 0.3) is 5.91 Å². The highest BCUT2D eigenvalue weighted by Gasteiger charge is 2.23. The Morgan fingerprint density at radius 2 is 1.77 bits per heavy atom. The molecule has 3 amide bonds. The van der Waals surface area contributed by atoms with Gasteiger partial charge in [0.05, 0.1) is 17.7 Å². The number of unbranched alkanes of at least 4 members (excludes halogenated alkanes) is 1. The maximum atomic E-state index is 12.9. The monoisotopic (exact) mass is 591 g/mol. The fraction of sp³-hybridized carbons (Fsp3) is 0.394. The number of ether oxygens (including phenoxy) is 1. The summed E-state index contributed by atoms with van der Waals surface area (Å²) in [7, 11) is 0. The van der Waals surface area contributed by atoms with E-state index in [4.69, 9.17) is 9.57 Å². The van der Waals surface area contributed by atoms with Crippen LogP contribution < -0.4 is 10.8 Å². The Balaban J connectivity index is 1.47. The van der Waals surface area contributed by atoms with Gasteiger partial charge < -0.3 is 20.1 Å². The molecule has 0 aromatic heterocycles. The van der Waals surface area contributed by atoms with Crippen LogP contribution in [-0.4, -0.2) is 53.1 Å². The number of rotatable bonds is 15. The summed E-state index contributed by atoms with van der Waals surface area (Å²) in [5, 5.41) is 12.5. The van der Waals surface area contributed by atoms with E-state index in [0.717, 1.165) is 17.6 Å². The third kappa shape index (κ3) is 10.7. The number of carboxylic acids is 1. The van der Waals surface area contributed by atoms with E-state index in [1.165, 1.54) is 17.0 Å². The van der Waals surface area contributed by atoms with E-state index < -0.39 is 18.0 Å². The van der Waals surface area contributed by atoms with Gasteiger partial charge in [-0.1, -0.05) is 61.5 Å². The first-order chi connectivity index (χ1) is 20.7. The van der Waals surface area contributed by atoms with Crippen molar-refractivity contribution in [2.45, 2.75) is 65.6 Å². The van der Waals surface area contributed by atoms with Crippen LogP contribution in [0.15, 0.2) is 72.3 Å². The second-order valence-corrected chi connectivity index (χ2v) is 10.8. The molecule has 1 unspecified atom stereocenters. The lowest BCUT2D eigenvalue weighted by Gasteiger charge is -2.27. The molecule has 1 atom stereocenters. The van der Waals surface area contributed by atoms with E-state index in [1.807, 2.05) is 56.3 Å². The van der Waals surface area contributed by atoms with Crippen LogP contribution >= 0.6 is 0 Å². The summed E-state index contributed by atoms with van der Waals surface area (Å²) in [6.07, 6.45) is 7.66. The molecule has 0 saturated carbocycles. The molecule has 0 radical (unpaired) electrons. The second kappa shape index (κ2) is 16.9. The Hall–Kier alpha value is -4.44. The molecule has 1 aliphatic carbocycles. The van der Waals surface area contributed by atoms with E-state index in [1.54, 1.807) is 6.07 Å². The minimum atomic E-state index is -1.25. The summed E-state index contributed by atoms with van der Waals surface area (Å²) < 4.78 is 5.58. The topological polar surface area (TPSA) is 134 Å². The van der Waals surface area contributed by atoms with Crippen molar-refractivity contribution in [3.63, 3.8) is 0 Å². The summed E-state index contributed by atoms with van der Waals surface area (Å²) in [6.45, 7) is 6.65. The molecular formula is C33H41N3O7. The molecule has 43 heavy (non-hydrogen) atoms. The standard InChI is InChI=1S/C33H41N3O7/c1-23(2)36(33(41)42-22-27-14-8-7-11-24(27)3)20-26-16-17-28(29(19-26)32(39)40)31(38)34-18-10-9-15-30(37)35-43-21-25-12-5-4-6-13-25/h4-8,12-14,16-17,19,23-24H,9-11,15,18,20-22H2,1-3H3,(H,34,38)(H,35,37)(H,39,40). The molecule has 2 aromatic carbocycles. The number of carbonyl (C=O) groups is 4. The maximum Gasteiger partial charge on any atom is 0.410 e. The molecule has 0 fully saturated rings. The van der Waals surface area contributed by atoms with Crippen molar-refractivity contribution < 1.29 is 33.9 Å². The van der Waals surface area contributed by atoms with Crippen molar-refractivity contribution >= 4 is 23.9 Å². The lowest BCUT2D eigenvalue weighted by atomic mass is 9.94. The van der Waals surface area contributed by atoms with Gasteiger partial charge in [-0.25, -0.2) is 15.1 Å². The number of nitrogens with zero attached hydrogens (tertiary/aromatic N) is 1. The van der Waals surface area contributed by atoms with Gasteiger partial charge in [0, 0.05) is 25.6 Å². The number of amides is 3. The summed E-state index contributed by atoms with van der Waals surface area (Å²) in [6, 6.07) is 13.8. The number of allylic oxidation sites excluding steroid dienone is 3. The van der Waals surface area contributed by atoms with Crippen LogP contribution in [0.2, 0.25) is 0 Å². The zero-order valence-electron chi connectivity index (χ0n) is 25.0. The zero-order valence-corrected chi connectivity index (χ0v) is 25.0. The lowest BCUT2D eigenvalue weighted by molar-refractivity contribution is -0.134. The predicted octanol–water partition coefficient (Wildman–Crippen LogP) is 5.40. The van der Waals surface area contributed by atoms with Crippen molar-refractivity contribution in [1.29, 1.82) is 0 Å². The fourth-order valence-electron chi connectivity index (χ4n) is 4.46. The van der Waals surface area contributed by atoms with Crippen LogP contribution in [0.5, 0.6) is 0 Å². The van der Waals surface area contributed by atoms with Gasteiger partial charge in [-0.15, -0.1) is 0 Å². The molecule has 1 aliphatic rings. The van der Waals surface area contributed by atoms with Crippen LogP contribution in [-0.2, 0) is 27.5 Å². The minimum absolute atomic E-state index is 0.0215. The van der Waals surface area contributed by atoms with Gasteiger partial charge >= 0.3 is 12.1 Å². The lowest BCUT2D eigenvalue weighted by Crippen LogP contribution is -2.37. The Kier molecular flexibility index (Phi) is 13.0. The first kappa shape index (κ1) is 33.1. The predicted molar refractivity (Wildman–Crippen MR) is 162 cm³/mol. The highest BCUT2D eigenvalue weighted by Crippen LogP contribution is 2.21. The molecule has 0 aliphatic heterocycles. The number of aromatic carboxylic acids is 1. The fourth-order valence-corrected chi connectivity index (χ4v) is 4.46. The molecule has 10 nitrogen and oxygen atoms in total. The number of hydrogen-bond donors (Lipinski definition) is 3. The first-order valence-electron chi connectivity index (χ1n) is 14.5. The maximum absolute atomic E-state index is 12.9. The van der Waals surface area contributed by atoms with Crippen LogP contribution in [0.4, 0.5) is 4.79 Å². The van der Waals surface area contributed by atoms with Gasteiger partial charge in [0.1, 0.15) is 6.61 Å². The van der Waals surface area contributed by atoms with Crippen LogP contribution in [0.25, 0.3) is 0 Å². The molecule has 0 saturated heterocycles. The first-order valence-corrected chi connectivity index (χ1v) is 14.5. The smallest absolute Gasteiger partial charge is 0.410 e. The largest absolute Gasteiger partial charge is 0.478 e. The SMILES string of the molecule is CC1CC=CC=C1COC(=O)N(Cc1ccc(C(=O)NCCCCC(=O)NOCc2ccccc2)c(C(=O)O)c1)C(C)C.